The molecule has 2 N–H and O–H groups in total. The maximum atomic E-state index is 12.2. The SMILES string of the molecule is Cc1cccc(Cl)c1Cc1nc2c(C(C)C)n[nH]c2c(=O)[nH]1. The molecule has 0 aliphatic heterocycles. The minimum Gasteiger partial charge on any atom is -0.308 e. The van der Waals surface area contributed by atoms with Gasteiger partial charge in [0.15, 0.2) is 0 Å². The quantitative estimate of drug-likeness (QED) is 0.778. The van der Waals surface area contributed by atoms with E-state index < -0.39 is 0 Å². The molecule has 0 fully saturated rings. The van der Waals surface area contributed by atoms with Gasteiger partial charge in [-0.15, -0.1) is 0 Å². The first kappa shape index (κ1) is 14.8. The molecule has 0 aliphatic carbocycles. The summed E-state index contributed by atoms with van der Waals surface area (Å²) in [4.78, 5) is 19.6. The molecular weight excluding hydrogens is 300 g/mol. The molecule has 0 unspecified atom stereocenters. The second-order valence-corrected chi connectivity index (χ2v) is 6.12. The lowest BCUT2D eigenvalue weighted by Crippen LogP contribution is -2.13. The molecule has 3 rings (SSSR count). The van der Waals surface area contributed by atoms with Crippen LogP contribution in [0.3, 0.4) is 0 Å². The average Bonchev–Trinajstić information content (AvgIpc) is 2.87. The van der Waals surface area contributed by atoms with Gasteiger partial charge in [0, 0.05) is 11.4 Å². The Bertz CT molecular complexity index is 875. The predicted octanol–water partition coefficient (Wildman–Crippen LogP) is 3.32. The Hall–Kier alpha value is -2.14. The number of aromatic amines is 2. The summed E-state index contributed by atoms with van der Waals surface area (Å²) < 4.78 is 0. The van der Waals surface area contributed by atoms with Crippen LogP contribution in [-0.4, -0.2) is 20.2 Å². The molecule has 114 valence electrons. The first-order valence-corrected chi connectivity index (χ1v) is 7.56. The lowest BCUT2D eigenvalue weighted by atomic mass is 10.1. The Morgan fingerprint density at radius 1 is 1.32 bits per heavy atom. The molecule has 2 heterocycles. The Kier molecular flexibility index (Phi) is 3.74. The molecule has 0 atom stereocenters. The maximum absolute atomic E-state index is 12.2. The maximum Gasteiger partial charge on any atom is 0.276 e. The normalized spacial score (nSPS) is 11.5. The molecule has 0 amide bonds. The van der Waals surface area contributed by atoms with Crippen LogP contribution in [0.25, 0.3) is 11.0 Å². The fraction of sp³-hybridized carbons (Fsp3) is 0.312. The number of aryl methyl sites for hydroxylation is 1. The highest BCUT2D eigenvalue weighted by molar-refractivity contribution is 6.31. The van der Waals surface area contributed by atoms with Gasteiger partial charge >= 0.3 is 0 Å². The van der Waals surface area contributed by atoms with Gasteiger partial charge in [0.05, 0.1) is 5.69 Å². The number of rotatable bonds is 3. The summed E-state index contributed by atoms with van der Waals surface area (Å²) in [6, 6.07) is 5.75. The Morgan fingerprint density at radius 2 is 2.09 bits per heavy atom. The first-order chi connectivity index (χ1) is 10.5. The Balaban J connectivity index is 2.12. The van der Waals surface area contributed by atoms with Crippen LogP contribution in [0.4, 0.5) is 0 Å². The number of benzene rings is 1. The van der Waals surface area contributed by atoms with E-state index in [4.69, 9.17) is 11.6 Å². The van der Waals surface area contributed by atoms with Gasteiger partial charge in [-0.3, -0.25) is 9.89 Å². The Morgan fingerprint density at radius 3 is 2.77 bits per heavy atom. The fourth-order valence-corrected chi connectivity index (χ4v) is 2.81. The molecule has 0 radical (unpaired) electrons. The molecule has 3 aromatic rings. The lowest BCUT2D eigenvalue weighted by molar-refractivity contribution is 0.814. The summed E-state index contributed by atoms with van der Waals surface area (Å²) in [5, 5.41) is 7.65. The van der Waals surface area contributed by atoms with E-state index in [1.54, 1.807) is 0 Å². The van der Waals surface area contributed by atoms with E-state index >= 15 is 0 Å². The average molecular weight is 317 g/mol. The highest BCUT2D eigenvalue weighted by Crippen LogP contribution is 2.23. The molecule has 1 aromatic carbocycles. The molecule has 0 saturated carbocycles. The molecule has 22 heavy (non-hydrogen) atoms. The van der Waals surface area contributed by atoms with Crippen LogP contribution < -0.4 is 5.56 Å². The van der Waals surface area contributed by atoms with Crippen molar-refractivity contribution in [1.82, 2.24) is 20.2 Å². The second-order valence-electron chi connectivity index (χ2n) is 5.71. The van der Waals surface area contributed by atoms with Gasteiger partial charge in [-0.05, 0) is 30.0 Å². The molecular formula is C16H17ClN4O. The van der Waals surface area contributed by atoms with Crippen molar-refractivity contribution in [3.63, 3.8) is 0 Å². The summed E-state index contributed by atoms with van der Waals surface area (Å²) in [5.74, 6) is 0.787. The van der Waals surface area contributed by atoms with Gasteiger partial charge in [-0.2, -0.15) is 5.10 Å². The van der Waals surface area contributed by atoms with E-state index in [0.29, 0.717) is 28.3 Å². The summed E-state index contributed by atoms with van der Waals surface area (Å²) in [6.45, 7) is 6.04. The van der Waals surface area contributed by atoms with Gasteiger partial charge in [0.25, 0.3) is 5.56 Å². The van der Waals surface area contributed by atoms with Crippen LogP contribution >= 0.6 is 11.6 Å². The van der Waals surface area contributed by atoms with Crippen LogP contribution in [-0.2, 0) is 6.42 Å². The van der Waals surface area contributed by atoms with Gasteiger partial charge in [0.1, 0.15) is 16.9 Å². The van der Waals surface area contributed by atoms with Crippen LogP contribution in [0.15, 0.2) is 23.0 Å². The number of hydrogen-bond donors (Lipinski definition) is 2. The zero-order valence-electron chi connectivity index (χ0n) is 12.7. The summed E-state index contributed by atoms with van der Waals surface area (Å²) in [7, 11) is 0. The van der Waals surface area contributed by atoms with E-state index in [1.807, 2.05) is 39.0 Å². The molecule has 0 spiro atoms. The number of fused-ring (bicyclic) bond motifs is 1. The molecule has 2 aromatic heterocycles. The van der Waals surface area contributed by atoms with E-state index in [0.717, 1.165) is 16.8 Å². The van der Waals surface area contributed by atoms with Crippen molar-refractivity contribution in [2.75, 3.05) is 0 Å². The number of aromatic nitrogens is 4. The molecule has 0 bridgehead atoms. The van der Waals surface area contributed by atoms with Gasteiger partial charge in [-0.1, -0.05) is 37.6 Å². The summed E-state index contributed by atoms with van der Waals surface area (Å²) >= 11 is 6.26. The van der Waals surface area contributed by atoms with Crippen LogP contribution in [0, 0.1) is 6.92 Å². The Labute approximate surface area is 132 Å². The third-order valence-corrected chi connectivity index (χ3v) is 4.10. The number of halogens is 1. The number of nitrogens with one attached hydrogen (secondary N) is 2. The highest BCUT2D eigenvalue weighted by Gasteiger charge is 2.15. The standard InChI is InChI=1S/C16H17ClN4O/c1-8(2)13-14-15(21-20-13)16(22)19-12(18-14)7-10-9(3)5-4-6-11(10)17/h4-6,8H,7H2,1-3H3,(H,20,21)(H,18,19,22). The second kappa shape index (κ2) is 5.57. The van der Waals surface area contributed by atoms with Crippen molar-refractivity contribution in [2.45, 2.75) is 33.1 Å². The topological polar surface area (TPSA) is 74.4 Å². The van der Waals surface area contributed by atoms with E-state index in [2.05, 4.69) is 20.2 Å². The third-order valence-electron chi connectivity index (χ3n) is 3.74. The summed E-state index contributed by atoms with van der Waals surface area (Å²) in [6.07, 6.45) is 0.486. The van der Waals surface area contributed by atoms with Crippen molar-refractivity contribution in [2.24, 2.45) is 0 Å². The number of H-pyrrole nitrogens is 2. The highest BCUT2D eigenvalue weighted by atomic mass is 35.5. The minimum absolute atomic E-state index is 0.193. The van der Waals surface area contributed by atoms with E-state index in [-0.39, 0.29) is 11.5 Å². The first-order valence-electron chi connectivity index (χ1n) is 7.18. The van der Waals surface area contributed by atoms with Gasteiger partial charge in [-0.25, -0.2) is 4.98 Å². The van der Waals surface area contributed by atoms with Crippen molar-refractivity contribution >= 4 is 22.6 Å². The smallest absolute Gasteiger partial charge is 0.276 e. The molecule has 6 heteroatoms. The van der Waals surface area contributed by atoms with Crippen molar-refractivity contribution in [3.05, 3.63) is 56.2 Å². The number of hydrogen-bond acceptors (Lipinski definition) is 3. The lowest BCUT2D eigenvalue weighted by Gasteiger charge is -2.08. The van der Waals surface area contributed by atoms with E-state index in [1.165, 1.54) is 0 Å². The molecule has 0 aliphatic rings. The monoisotopic (exact) mass is 316 g/mol. The van der Waals surface area contributed by atoms with Gasteiger partial charge < -0.3 is 4.98 Å². The largest absolute Gasteiger partial charge is 0.308 e. The van der Waals surface area contributed by atoms with E-state index in [9.17, 15) is 4.79 Å². The van der Waals surface area contributed by atoms with Crippen LogP contribution in [0.2, 0.25) is 5.02 Å². The summed E-state index contributed by atoms with van der Waals surface area (Å²) in [5.41, 5.74) is 3.71. The molecule has 0 saturated heterocycles. The van der Waals surface area contributed by atoms with Crippen molar-refractivity contribution < 1.29 is 0 Å². The zero-order chi connectivity index (χ0) is 15.9. The van der Waals surface area contributed by atoms with Crippen molar-refractivity contribution in [3.8, 4) is 0 Å². The van der Waals surface area contributed by atoms with Crippen LogP contribution in [0.5, 0.6) is 0 Å². The van der Waals surface area contributed by atoms with Crippen molar-refractivity contribution in [1.29, 1.82) is 0 Å². The minimum atomic E-state index is -0.205. The zero-order valence-corrected chi connectivity index (χ0v) is 13.5. The number of nitrogens with zero attached hydrogens (tertiary/aromatic N) is 2. The van der Waals surface area contributed by atoms with Gasteiger partial charge in [0.2, 0.25) is 0 Å². The van der Waals surface area contributed by atoms with Crippen LogP contribution in [0.1, 0.15) is 42.4 Å². The fourth-order valence-electron chi connectivity index (χ4n) is 2.52. The third kappa shape index (κ3) is 2.52. The predicted molar refractivity (Wildman–Crippen MR) is 87.6 cm³/mol. The molecule has 5 nitrogen and oxygen atoms in total.